The zero-order valence-electron chi connectivity index (χ0n) is 18.4. The fourth-order valence-electron chi connectivity index (χ4n) is 3.86. The van der Waals surface area contributed by atoms with Crippen molar-refractivity contribution in [3.05, 3.63) is 101 Å². The Morgan fingerprint density at radius 3 is 2.29 bits per heavy atom. The Labute approximate surface area is 202 Å². The molecule has 2 heterocycles. The molecule has 3 nitrogen and oxygen atoms in total. The normalized spacial score (nSPS) is 11.7. The summed E-state index contributed by atoms with van der Waals surface area (Å²) in [4.78, 5) is 11.4. The Balaban J connectivity index is 1.49. The topological polar surface area (TPSA) is 35.0 Å². The van der Waals surface area contributed by atoms with Crippen LogP contribution >= 0.6 is 11.3 Å². The van der Waals surface area contributed by atoms with Gasteiger partial charge in [-0.1, -0.05) is 24.3 Å². The average molecular weight is 495 g/mol. The molecule has 0 spiro atoms. The molecule has 0 bridgehead atoms. The van der Waals surface area contributed by atoms with Crippen LogP contribution in [-0.2, 0) is 6.42 Å². The van der Waals surface area contributed by atoms with Crippen LogP contribution in [0.2, 0.25) is 0 Å². The fraction of sp³-hybridized carbons (Fsp3) is 0.111. The zero-order chi connectivity index (χ0) is 24.6. The van der Waals surface area contributed by atoms with E-state index in [0.717, 1.165) is 20.8 Å². The third-order valence-corrected chi connectivity index (χ3v) is 6.59. The van der Waals surface area contributed by atoms with E-state index in [1.807, 2.05) is 36.4 Å². The highest BCUT2D eigenvalue weighted by Gasteiger charge is 2.31. The lowest BCUT2D eigenvalue weighted by molar-refractivity contribution is -0.274. The number of benzene rings is 3. The van der Waals surface area contributed by atoms with Gasteiger partial charge in [-0.05, 0) is 72.6 Å². The van der Waals surface area contributed by atoms with Crippen LogP contribution < -0.4 is 4.74 Å². The van der Waals surface area contributed by atoms with Gasteiger partial charge in [0.1, 0.15) is 11.6 Å². The lowest BCUT2D eigenvalue weighted by Gasteiger charge is -2.12. The highest BCUT2D eigenvalue weighted by Crippen LogP contribution is 2.35. The van der Waals surface area contributed by atoms with Gasteiger partial charge < -0.3 is 4.74 Å². The molecule has 5 aromatic rings. The number of aromatic nitrogens is 2. The standard InChI is InChI=1S/C27H18F4N2OS/c1-16-14-17(10-12-24(16)34-27(29,30)31)25-13-11-18(35-25)15-23-26(19-6-2-3-7-20(19)28)33-22-9-5-4-8-21(22)32-23/h2-14H,15H2,1H3. The SMILES string of the molecule is Cc1cc(-c2ccc(Cc3nc4ccccc4nc3-c3ccccc3F)s2)ccc1OC(F)(F)F. The maximum absolute atomic E-state index is 14.6. The second-order valence-electron chi connectivity index (χ2n) is 7.96. The van der Waals surface area contributed by atoms with Crippen molar-refractivity contribution in [2.24, 2.45) is 0 Å². The Kier molecular flexibility index (Phi) is 5.98. The molecular formula is C27H18F4N2OS. The highest BCUT2D eigenvalue weighted by atomic mass is 32.1. The van der Waals surface area contributed by atoms with Crippen molar-refractivity contribution in [3.8, 4) is 27.4 Å². The van der Waals surface area contributed by atoms with Crippen molar-refractivity contribution < 1.29 is 22.3 Å². The number of para-hydroxylation sites is 2. The first-order valence-electron chi connectivity index (χ1n) is 10.7. The van der Waals surface area contributed by atoms with Crippen molar-refractivity contribution in [1.29, 1.82) is 0 Å². The predicted octanol–water partition coefficient (Wildman–Crippen LogP) is 7.96. The van der Waals surface area contributed by atoms with Gasteiger partial charge in [0, 0.05) is 21.7 Å². The van der Waals surface area contributed by atoms with Crippen molar-refractivity contribution in [2.45, 2.75) is 19.7 Å². The van der Waals surface area contributed by atoms with Crippen molar-refractivity contribution in [1.82, 2.24) is 9.97 Å². The molecule has 0 aliphatic carbocycles. The molecule has 0 aliphatic rings. The van der Waals surface area contributed by atoms with Gasteiger partial charge in [0.25, 0.3) is 0 Å². The van der Waals surface area contributed by atoms with E-state index < -0.39 is 6.36 Å². The van der Waals surface area contributed by atoms with Crippen molar-refractivity contribution >= 4 is 22.4 Å². The van der Waals surface area contributed by atoms with Gasteiger partial charge in [-0.25, -0.2) is 14.4 Å². The van der Waals surface area contributed by atoms with E-state index in [2.05, 4.69) is 4.74 Å². The summed E-state index contributed by atoms with van der Waals surface area (Å²) in [5, 5.41) is 0. The first kappa shape index (κ1) is 23.0. The zero-order valence-corrected chi connectivity index (χ0v) is 19.3. The van der Waals surface area contributed by atoms with E-state index in [0.29, 0.717) is 34.5 Å². The molecule has 8 heteroatoms. The first-order valence-corrected chi connectivity index (χ1v) is 11.5. The van der Waals surface area contributed by atoms with Gasteiger partial charge in [0.2, 0.25) is 0 Å². The molecule has 0 fully saturated rings. The quantitative estimate of drug-likeness (QED) is 0.233. The van der Waals surface area contributed by atoms with Crippen LogP contribution in [0.1, 0.15) is 16.1 Å². The van der Waals surface area contributed by atoms with Crippen LogP contribution in [0.5, 0.6) is 5.75 Å². The number of thiophene rings is 1. The summed E-state index contributed by atoms with van der Waals surface area (Å²) in [6, 6.07) is 22.4. The molecule has 35 heavy (non-hydrogen) atoms. The summed E-state index contributed by atoms with van der Waals surface area (Å²) in [6.07, 6.45) is -4.31. The average Bonchev–Trinajstić information content (AvgIpc) is 3.28. The van der Waals surface area contributed by atoms with Crippen LogP contribution in [0.15, 0.2) is 78.9 Å². The molecule has 3 aromatic carbocycles. The van der Waals surface area contributed by atoms with E-state index in [1.165, 1.54) is 23.5 Å². The second kappa shape index (κ2) is 9.11. The molecule has 0 amide bonds. The predicted molar refractivity (Wildman–Crippen MR) is 129 cm³/mol. The van der Waals surface area contributed by atoms with Crippen LogP contribution in [0.3, 0.4) is 0 Å². The maximum atomic E-state index is 14.6. The minimum absolute atomic E-state index is 0.223. The van der Waals surface area contributed by atoms with Crippen LogP contribution in [0, 0.1) is 12.7 Å². The molecule has 2 aromatic heterocycles. The van der Waals surface area contributed by atoms with E-state index in [4.69, 9.17) is 9.97 Å². The van der Waals surface area contributed by atoms with E-state index >= 15 is 0 Å². The third kappa shape index (κ3) is 5.02. The minimum atomic E-state index is -4.74. The molecule has 176 valence electrons. The van der Waals surface area contributed by atoms with Gasteiger partial charge in [0.05, 0.1) is 22.4 Å². The summed E-state index contributed by atoms with van der Waals surface area (Å²) in [5.74, 6) is -0.596. The Morgan fingerprint density at radius 1 is 0.857 bits per heavy atom. The molecule has 0 aliphatic heterocycles. The number of aryl methyl sites for hydroxylation is 1. The lowest BCUT2D eigenvalue weighted by atomic mass is 10.1. The Morgan fingerprint density at radius 2 is 1.57 bits per heavy atom. The number of nitrogens with zero attached hydrogens (tertiary/aromatic N) is 2. The second-order valence-corrected chi connectivity index (χ2v) is 9.13. The number of alkyl halides is 3. The van der Waals surface area contributed by atoms with Crippen LogP contribution in [0.4, 0.5) is 17.6 Å². The molecular weight excluding hydrogens is 476 g/mol. The fourth-order valence-corrected chi connectivity index (χ4v) is 4.87. The molecule has 0 saturated carbocycles. The Hall–Kier alpha value is -3.78. The number of ether oxygens (including phenoxy) is 1. The summed E-state index contributed by atoms with van der Waals surface area (Å²) in [7, 11) is 0. The van der Waals surface area contributed by atoms with Crippen LogP contribution in [0.25, 0.3) is 32.7 Å². The summed E-state index contributed by atoms with van der Waals surface area (Å²) < 4.78 is 56.4. The van der Waals surface area contributed by atoms with Gasteiger partial charge >= 0.3 is 6.36 Å². The minimum Gasteiger partial charge on any atom is -0.406 e. The van der Waals surface area contributed by atoms with Gasteiger partial charge in [-0.2, -0.15) is 0 Å². The highest BCUT2D eigenvalue weighted by molar-refractivity contribution is 7.15. The largest absolute Gasteiger partial charge is 0.573 e. The number of rotatable bonds is 5. The summed E-state index contributed by atoms with van der Waals surface area (Å²) >= 11 is 1.50. The van der Waals surface area contributed by atoms with Gasteiger partial charge in [0.15, 0.2) is 0 Å². The number of hydrogen-bond acceptors (Lipinski definition) is 4. The van der Waals surface area contributed by atoms with Crippen molar-refractivity contribution in [2.75, 3.05) is 0 Å². The monoisotopic (exact) mass is 494 g/mol. The van der Waals surface area contributed by atoms with Gasteiger partial charge in [-0.15, -0.1) is 24.5 Å². The molecule has 0 N–H and O–H groups in total. The number of hydrogen-bond donors (Lipinski definition) is 0. The molecule has 0 radical (unpaired) electrons. The molecule has 0 unspecified atom stereocenters. The molecule has 0 saturated heterocycles. The number of fused-ring (bicyclic) bond motifs is 1. The maximum Gasteiger partial charge on any atom is 0.573 e. The van der Waals surface area contributed by atoms with E-state index in [1.54, 1.807) is 37.3 Å². The van der Waals surface area contributed by atoms with E-state index in [9.17, 15) is 17.6 Å². The Bertz CT molecular complexity index is 1530. The summed E-state index contributed by atoms with van der Waals surface area (Å²) in [6.45, 7) is 1.57. The van der Waals surface area contributed by atoms with E-state index in [-0.39, 0.29) is 11.6 Å². The third-order valence-electron chi connectivity index (χ3n) is 5.46. The van der Waals surface area contributed by atoms with Crippen molar-refractivity contribution in [3.63, 3.8) is 0 Å². The first-order chi connectivity index (χ1) is 16.8. The summed E-state index contributed by atoms with van der Waals surface area (Å²) in [5.41, 5.74) is 4.08. The lowest BCUT2D eigenvalue weighted by Crippen LogP contribution is -2.17. The smallest absolute Gasteiger partial charge is 0.406 e. The number of halogens is 4. The van der Waals surface area contributed by atoms with Gasteiger partial charge in [-0.3, -0.25) is 0 Å². The molecule has 0 atom stereocenters. The van der Waals surface area contributed by atoms with Crippen LogP contribution in [-0.4, -0.2) is 16.3 Å². The molecule has 5 rings (SSSR count).